The zero-order chi connectivity index (χ0) is 12.4. The van der Waals surface area contributed by atoms with Crippen molar-refractivity contribution in [2.45, 2.75) is 58.9 Å². The highest BCUT2D eigenvalue weighted by molar-refractivity contribution is 5.76. The Kier molecular flexibility index (Phi) is 9.30. The van der Waals surface area contributed by atoms with Gasteiger partial charge in [0.25, 0.3) is 0 Å². The summed E-state index contributed by atoms with van der Waals surface area (Å²) < 4.78 is 5.15. The maximum absolute atomic E-state index is 11.8. The zero-order valence-corrected chi connectivity index (χ0v) is 11.3. The molecule has 0 bridgehead atoms. The smallest absolute Gasteiger partial charge is 0.222 e. The van der Waals surface area contributed by atoms with Gasteiger partial charge in [0, 0.05) is 20.1 Å². The second kappa shape index (κ2) is 9.64. The zero-order valence-electron chi connectivity index (χ0n) is 11.3. The predicted octanol–water partition coefficient (Wildman–Crippen LogP) is 2.84. The van der Waals surface area contributed by atoms with Crippen molar-refractivity contribution in [2.75, 3.05) is 20.3 Å². The van der Waals surface area contributed by atoms with Gasteiger partial charge in [-0.3, -0.25) is 4.79 Å². The molecule has 0 aromatic rings. The number of carbonyl (C=O) groups is 1. The van der Waals surface area contributed by atoms with E-state index in [4.69, 9.17) is 4.74 Å². The Labute approximate surface area is 100 Å². The largest absolute Gasteiger partial charge is 0.383 e. The van der Waals surface area contributed by atoms with E-state index >= 15 is 0 Å². The standard InChI is InChI=1S/C11H21NO2.C2H6/c1-3-6-11(13)12-8-5-4-7-10(12)9-14-2;1-2/h10H,3-9H2,1-2H3;1-2H3. The fourth-order valence-electron chi connectivity index (χ4n) is 2.05. The summed E-state index contributed by atoms with van der Waals surface area (Å²) in [5.74, 6) is 0.300. The number of nitrogens with zero attached hydrogens (tertiary/aromatic N) is 1. The molecule has 0 N–H and O–H groups in total. The van der Waals surface area contributed by atoms with E-state index in [2.05, 4.69) is 0 Å². The van der Waals surface area contributed by atoms with Crippen molar-refractivity contribution >= 4 is 5.91 Å². The summed E-state index contributed by atoms with van der Waals surface area (Å²) in [6.07, 6.45) is 5.10. The maximum Gasteiger partial charge on any atom is 0.222 e. The second-order valence-electron chi connectivity index (χ2n) is 3.94. The number of amides is 1. The molecule has 1 aliphatic rings. The average molecular weight is 229 g/mol. The van der Waals surface area contributed by atoms with Crippen molar-refractivity contribution in [1.29, 1.82) is 0 Å². The molecule has 1 aliphatic heterocycles. The normalized spacial score (nSPS) is 20.0. The minimum absolute atomic E-state index is 0.300. The Balaban J connectivity index is 0.00000106. The molecule has 0 saturated carbocycles. The van der Waals surface area contributed by atoms with Crippen LogP contribution in [0.3, 0.4) is 0 Å². The van der Waals surface area contributed by atoms with Crippen LogP contribution in [0.4, 0.5) is 0 Å². The summed E-state index contributed by atoms with van der Waals surface area (Å²) in [5.41, 5.74) is 0. The van der Waals surface area contributed by atoms with Gasteiger partial charge in [-0.15, -0.1) is 0 Å². The van der Waals surface area contributed by atoms with E-state index in [1.54, 1.807) is 7.11 Å². The molecule has 0 aliphatic carbocycles. The van der Waals surface area contributed by atoms with Crippen LogP contribution in [0.1, 0.15) is 52.9 Å². The van der Waals surface area contributed by atoms with Crippen molar-refractivity contribution < 1.29 is 9.53 Å². The Bertz CT molecular complexity index is 181. The number of rotatable bonds is 4. The molecule has 16 heavy (non-hydrogen) atoms. The Morgan fingerprint density at radius 2 is 2.06 bits per heavy atom. The van der Waals surface area contributed by atoms with Crippen molar-refractivity contribution in [2.24, 2.45) is 0 Å². The second-order valence-corrected chi connectivity index (χ2v) is 3.94. The van der Waals surface area contributed by atoms with Crippen LogP contribution in [0, 0.1) is 0 Å². The first kappa shape index (κ1) is 15.4. The van der Waals surface area contributed by atoms with Crippen molar-refractivity contribution in [3.63, 3.8) is 0 Å². The van der Waals surface area contributed by atoms with Crippen molar-refractivity contribution in [3.05, 3.63) is 0 Å². The SMILES string of the molecule is CC.CCCC(=O)N1CCCCC1COC. The molecular weight excluding hydrogens is 202 g/mol. The molecule has 1 rings (SSSR count). The van der Waals surface area contributed by atoms with Crippen LogP contribution in [-0.4, -0.2) is 37.1 Å². The van der Waals surface area contributed by atoms with Gasteiger partial charge in [-0.25, -0.2) is 0 Å². The van der Waals surface area contributed by atoms with Crippen LogP contribution in [0.5, 0.6) is 0 Å². The molecule has 0 aromatic carbocycles. The van der Waals surface area contributed by atoms with Gasteiger partial charge < -0.3 is 9.64 Å². The van der Waals surface area contributed by atoms with Crippen molar-refractivity contribution in [3.8, 4) is 0 Å². The molecule has 1 amide bonds. The summed E-state index contributed by atoms with van der Waals surface area (Å²) in [4.78, 5) is 13.8. The van der Waals surface area contributed by atoms with Gasteiger partial charge in [0.1, 0.15) is 0 Å². The first-order valence-electron chi connectivity index (χ1n) is 6.58. The third kappa shape index (κ3) is 4.97. The van der Waals surface area contributed by atoms with Gasteiger partial charge in [0.05, 0.1) is 12.6 Å². The fourth-order valence-corrected chi connectivity index (χ4v) is 2.05. The van der Waals surface area contributed by atoms with E-state index in [1.165, 1.54) is 6.42 Å². The molecule has 3 nitrogen and oxygen atoms in total. The third-order valence-corrected chi connectivity index (χ3v) is 2.77. The molecule has 1 fully saturated rings. The van der Waals surface area contributed by atoms with Gasteiger partial charge in [-0.2, -0.15) is 0 Å². The van der Waals surface area contributed by atoms with Gasteiger partial charge in [-0.1, -0.05) is 20.8 Å². The van der Waals surface area contributed by atoms with E-state index in [0.29, 0.717) is 25.0 Å². The summed E-state index contributed by atoms with van der Waals surface area (Å²) in [6.45, 7) is 7.66. The highest BCUT2D eigenvalue weighted by Gasteiger charge is 2.25. The van der Waals surface area contributed by atoms with Crippen LogP contribution >= 0.6 is 0 Å². The van der Waals surface area contributed by atoms with E-state index in [9.17, 15) is 4.79 Å². The number of methoxy groups -OCH3 is 1. The molecule has 1 saturated heterocycles. The molecule has 1 heterocycles. The minimum Gasteiger partial charge on any atom is -0.383 e. The maximum atomic E-state index is 11.8. The van der Waals surface area contributed by atoms with Crippen LogP contribution in [0.2, 0.25) is 0 Å². The van der Waals surface area contributed by atoms with E-state index in [0.717, 1.165) is 25.8 Å². The minimum atomic E-state index is 0.300. The summed E-state index contributed by atoms with van der Waals surface area (Å²) in [6, 6.07) is 0.327. The van der Waals surface area contributed by atoms with Gasteiger partial charge >= 0.3 is 0 Å². The topological polar surface area (TPSA) is 29.5 Å². The molecule has 1 atom stereocenters. The summed E-state index contributed by atoms with van der Waals surface area (Å²) in [7, 11) is 1.71. The van der Waals surface area contributed by atoms with E-state index in [-0.39, 0.29) is 0 Å². The van der Waals surface area contributed by atoms with Crippen LogP contribution < -0.4 is 0 Å². The third-order valence-electron chi connectivity index (χ3n) is 2.77. The lowest BCUT2D eigenvalue weighted by Gasteiger charge is -2.35. The monoisotopic (exact) mass is 229 g/mol. The van der Waals surface area contributed by atoms with Gasteiger partial charge in [-0.05, 0) is 25.7 Å². The van der Waals surface area contributed by atoms with Crippen LogP contribution in [-0.2, 0) is 9.53 Å². The lowest BCUT2D eigenvalue weighted by atomic mass is 10.0. The van der Waals surface area contributed by atoms with Gasteiger partial charge in [0.2, 0.25) is 5.91 Å². The highest BCUT2D eigenvalue weighted by atomic mass is 16.5. The van der Waals surface area contributed by atoms with Crippen molar-refractivity contribution in [1.82, 2.24) is 4.90 Å². The number of piperidine rings is 1. The molecule has 0 spiro atoms. The highest BCUT2D eigenvalue weighted by Crippen LogP contribution is 2.18. The van der Waals surface area contributed by atoms with E-state index < -0.39 is 0 Å². The molecule has 0 radical (unpaired) electrons. The first-order chi connectivity index (χ1) is 7.79. The average Bonchev–Trinajstić information content (AvgIpc) is 2.33. The number of hydrogen-bond acceptors (Lipinski definition) is 2. The van der Waals surface area contributed by atoms with Gasteiger partial charge in [0.15, 0.2) is 0 Å². The number of carbonyl (C=O) groups excluding carboxylic acids is 1. The lowest BCUT2D eigenvalue weighted by Crippen LogP contribution is -2.45. The lowest BCUT2D eigenvalue weighted by molar-refractivity contribution is -0.136. The Morgan fingerprint density at radius 3 is 2.62 bits per heavy atom. The van der Waals surface area contributed by atoms with Crippen LogP contribution in [0.25, 0.3) is 0 Å². The quantitative estimate of drug-likeness (QED) is 0.742. The molecule has 0 aromatic heterocycles. The van der Waals surface area contributed by atoms with E-state index in [1.807, 2.05) is 25.7 Å². The Hall–Kier alpha value is -0.570. The summed E-state index contributed by atoms with van der Waals surface area (Å²) in [5, 5.41) is 0. The fraction of sp³-hybridized carbons (Fsp3) is 0.923. The predicted molar refractivity (Wildman–Crippen MR) is 67.5 cm³/mol. The molecule has 1 unspecified atom stereocenters. The molecule has 96 valence electrons. The summed E-state index contributed by atoms with van der Waals surface area (Å²) >= 11 is 0. The number of likely N-dealkylation sites (tertiary alicyclic amines) is 1. The number of ether oxygens (including phenoxy) is 1. The molecule has 3 heteroatoms. The Morgan fingerprint density at radius 1 is 1.38 bits per heavy atom. The van der Waals surface area contributed by atoms with Crippen LogP contribution in [0.15, 0.2) is 0 Å². The number of hydrogen-bond donors (Lipinski definition) is 0. The molecular formula is C13H27NO2. The first-order valence-corrected chi connectivity index (χ1v) is 6.58.